The number of anilines is 1. The first-order valence-corrected chi connectivity index (χ1v) is 6.02. The first-order chi connectivity index (χ1) is 8.04. The summed E-state index contributed by atoms with van der Waals surface area (Å²) in [4.78, 5) is 10.6. The Kier molecular flexibility index (Phi) is 3.77. The van der Waals surface area contributed by atoms with E-state index in [-0.39, 0.29) is 10.6 Å². The summed E-state index contributed by atoms with van der Waals surface area (Å²) in [5.74, 6) is -1.38. The van der Waals surface area contributed by atoms with Crippen molar-refractivity contribution < 1.29 is 31.5 Å². The van der Waals surface area contributed by atoms with Crippen LogP contribution in [0.4, 0.5) is 18.9 Å². The van der Waals surface area contributed by atoms with E-state index in [0.717, 1.165) is 18.2 Å². The predicted octanol–water partition coefficient (Wildman–Crippen LogP) is 2.30. The van der Waals surface area contributed by atoms with Gasteiger partial charge in [0.2, 0.25) is 0 Å². The Morgan fingerprint density at radius 3 is 2.28 bits per heavy atom. The standard InChI is InChI=1S/C8H5ClF3NO4S/c9-6-3-4(1-2-5(6)7(14)15)13-18(16,17)8(10,11)12/h1-3,13H,(H,14,15). The van der Waals surface area contributed by atoms with E-state index in [2.05, 4.69) is 0 Å². The fraction of sp³-hybridized carbons (Fsp3) is 0.125. The lowest BCUT2D eigenvalue weighted by Gasteiger charge is -2.11. The van der Waals surface area contributed by atoms with Gasteiger partial charge in [0.05, 0.1) is 16.3 Å². The van der Waals surface area contributed by atoms with Crippen molar-refractivity contribution in [1.82, 2.24) is 0 Å². The second-order valence-electron chi connectivity index (χ2n) is 3.05. The average Bonchev–Trinajstić information content (AvgIpc) is 2.14. The Morgan fingerprint density at radius 1 is 1.33 bits per heavy atom. The minimum Gasteiger partial charge on any atom is -0.478 e. The molecule has 1 rings (SSSR count). The van der Waals surface area contributed by atoms with Crippen LogP contribution in [0.5, 0.6) is 0 Å². The Bertz CT molecular complexity index is 584. The van der Waals surface area contributed by atoms with Crippen LogP contribution < -0.4 is 4.72 Å². The second-order valence-corrected chi connectivity index (χ2v) is 5.13. The molecule has 0 saturated heterocycles. The van der Waals surface area contributed by atoms with E-state index in [1.165, 1.54) is 4.72 Å². The van der Waals surface area contributed by atoms with Crippen molar-refractivity contribution in [3.05, 3.63) is 28.8 Å². The fourth-order valence-corrected chi connectivity index (χ4v) is 1.78. The maximum Gasteiger partial charge on any atom is 0.516 e. The third-order valence-electron chi connectivity index (χ3n) is 1.76. The van der Waals surface area contributed by atoms with Crippen LogP contribution in [0.15, 0.2) is 18.2 Å². The van der Waals surface area contributed by atoms with Crippen LogP contribution >= 0.6 is 11.6 Å². The monoisotopic (exact) mass is 303 g/mol. The van der Waals surface area contributed by atoms with E-state index >= 15 is 0 Å². The van der Waals surface area contributed by atoms with Crippen molar-refractivity contribution in [2.75, 3.05) is 4.72 Å². The van der Waals surface area contributed by atoms with Gasteiger partial charge in [0.15, 0.2) is 0 Å². The molecule has 0 aliphatic carbocycles. The molecule has 0 fully saturated rings. The van der Waals surface area contributed by atoms with Crippen LogP contribution in [0.3, 0.4) is 0 Å². The van der Waals surface area contributed by atoms with E-state index in [1.54, 1.807) is 0 Å². The molecule has 0 saturated carbocycles. The normalized spacial score (nSPS) is 12.2. The van der Waals surface area contributed by atoms with Crippen LogP contribution in [0.2, 0.25) is 5.02 Å². The molecular weight excluding hydrogens is 299 g/mol. The van der Waals surface area contributed by atoms with Crippen molar-refractivity contribution in [3.63, 3.8) is 0 Å². The van der Waals surface area contributed by atoms with E-state index in [0.29, 0.717) is 0 Å². The molecule has 18 heavy (non-hydrogen) atoms. The van der Waals surface area contributed by atoms with Gasteiger partial charge in [-0.3, -0.25) is 4.72 Å². The summed E-state index contributed by atoms with van der Waals surface area (Å²) < 4.78 is 58.9. The lowest BCUT2D eigenvalue weighted by molar-refractivity contribution is -0.0429. The molecule has 1 aromatic rings. The molecular formula is C8H5ClF3NO4S. The van der Waals surface area contributed by atoms with Crippen molar-refractivity contribution in [3.8, 4) is 0 Å². The first-order valence-electron chi connectivity index (χ1n) is 4.16. The van der Waals surface area contributed by atoms with Crippen LogP contribution in [0.1, 0.15) is 10.4 Å². The highest BCUT2D eigenvalue weighted by Crippen LogP contribution is 2.27. The summed E-state index contributed by atoms with van der Waals surface area (Å²) in [7, 11) is -5.56. The Balaban J connectivity index is 3.09. The zero-order valence-corrected chi connectivity index (χ0v) is 9.90. The Labute approximate surface area is 104 Å². The number of carboxylic acid groups (broad SMARTS) is 1. The lowest BCUT2D eigenvalue weighted by atomic mass is 10.2. The summed E-state index contributed by atoms with van der Waals surface area (Å²) in [5, 5.41) is 8.23. The topological polar surface area (TPSA) is 83.5 Å². The molecule has 0 atom stereocenters. The van der Waals surface area contributed by atoms with E-state index in [9.17, 15) is 26.4 Å². The highest BCUT2D eigenvalue weighted by Gasteiger charge is 2.46. The number of carboxylic acids is 1. The number of sulfonamides is 1. The number of benzene rings is 1. The highest BCUT2D eigenvalue weighted by atomic mass is 35.5. The maximum atomic E-state index is 12.0. The number of hydrogen-bond acceptors (Lipinski definition) is 3. The zero-order chi connectivity index (χ0) is 14.1. The minimum absolute atomic E-state index is 0.355. The van der Waals surface area contributed by atoms with Gasteiger partial charge in [-0.25, -0.2) is 4.79 Å². The van der Waals surface area contributed by atoms with Gasteiger partial charge in [0.25, 0.3) is 0 Å². The van der Waals surface area contributed by atoms with Crippen molar-refractivity contribution >= 4 is 33.3 Å². The Hall–Kier alpha value is -1.48. The molecule has 1 aromatic carbocycles. The third-order valence-corrected chi connectivity index (χ3v) is 3.18. The number of hydrogen-bond donors (Lipinski definition) is 2. The fourth-order valence-electron chi connectivity index (χ4n) is 0.965. The van der Waals surface area contributed by atoms with E-state index < -0.39 is 27.2 Å². The number of rotatable bonds is 3. The number of nitrogens with one attached hydrogen (secondary N) is 1. The van der Waals surface area contributed by atoms with Gasteiger partial charge in [0.1, 0.15) is 0 Å². The molecule has 0 heterocycles. The molecule has 0 amide bonds. The van der Waals surface area contributed by atoms with Gasteiger partial charge in [-0.1, -0.05) is 11.6 Å². The van der Waals surface area contributed by atoms with Gasteiger partial charge >= 0.3 is 21.5 Å². The highest BCUT2D eigenvalue weighted by molar-refractivity contribution is 7.93. The second kappa shape index (κ2) is 4.65. The molecule has 0 bridgehead atoms. The van der Waals surface area contributed by atoms with E-state index in [1.807, 2.05) is 0 Å². The van der Waals surface area contributed by atoms with E-state index in [4.69, 9.17) is 16.7 Å². The quantitative estimate of drug-likeness (QED) is 0.897. The van der Waals surface area contributed by atoms with Gasteiger partial charge in [-0.2, -0.15) is 21.6 Å². The molecule has 2 N–H and O–H groups in total. The van der Waals surface area contributed by atoms with Gasteiger partial charge < -0.3 is 5.11 Å². The van der Waals surface area contributed by atoms with Crippen LogP contribution in [-0.2, 0) is 10.0 Å². The molecule has 5 nitrogen and oxygen atoms in total. The number of halogens is 4. The lowest BCUT2D eigenvalue weighted by Crippen LogP contribution is -2.29. The Morgan fingerprint density at radius 2 is 1.89 bits per heavy atom. The van der Waals surface area contributed by atoms with Crippen molar-refractivity contribution in [2.45, 2.75) is 5.51 Å². The largest absolute Gasteiger partial charge is 0.516 e. The van der Waals surface area contributed by atoms with Gasteiger partial charge in [-0.05, 0) is 18.2 Å². The molecule has 0 aliphatic rings. The SMILES string of the molecule is O=C(O)c1ccc(NS(=O)(=O)C(F)(F)F)cc1Cl. The maximum absolute atomic E-state index is 12.0. The summed E-state index contributed by atoms with van der Waals surface area (Å²) >= 11 is 5.47. The minimum atomic E-state index is -5.56. The molecule has 100 valence electrons. The molecule has 0 aliphatic heterocycles. The summed E-state index contributed by atoms with van der Waals surface area (Å²) in [6, 6.07) is 2.52. The third kappa shape index (κ3) is 3.05. The van der Waals surface area contributed by atoms with Gasteiger partial charge in [0, 0.05) is 0 Å². The van der Waals surface area contributed by atoms with Crippen molar-refractivity contribution in [1.29, 1.82) is 0 Å². The molecule has 0 unspecified atom stereocenters. The molecule has 10 heteroatoms. The molecule has 0 spiro atoms. The predicted molar refractivity (Wildman–Crippen MR) is 57.0 cm³/mol. The molecule has 0 aromatic heterocycles. The number of aromatic carboxylic acids is 1. The van der Waals surface area contributed by atoms with Gasteiger partial charge in [-0.15, -0.1) is 0 Å². The first kappa shape index (κ1) is 14.6. The van der Waals surface area contributed by atoms with Crippen molar-refractivity contribution in [2.24, 2.45) is 0 Å². The zero-order valence-electron chi connectivity index (χ0n) is 8.32. The molecule has 0 radical (unpaired) electrons. The number of alkyl halides is 3. The van der Waals surface area contributed by atoms with Crippen LogP contribution in [-0.4, -0.2) is 25.0 Å². The summed E-state index contributed by atoms with van der Waals surface area (Å²) in [6.45, 7) is 0. The summed E-state index contributed by atoms with van der Waals surface area (Å²) in [5.41, 5.74) is -6.31. The smallest absolute Gasteiger partial charge is 0.478 e. The number of carbonyl (C=O) groups is 1. The summed E-state index contributed by atoms with van der Waals surface area (Å²) in [6.07, 6.45) is 0. The van der Waals surface area contributed by atoms with Crippen LogP contribution in [0.25, 0.3) is 0 Å². The average molecular weight is 304 g/mol. The van der Waals surface area contributed by atoms with Crippen LogP contribution in [0, 0.1) is 0 Å².